The Balaban J connectivity index is 1.26. The third-order valence-electron chi connectivity index (χ3n) is 11.1. The van der Waals surface area contributed by atoms with Crippen LogP contribution in [0.15, 0.2) is 157 Å². The molecule has 11 aromatic rings. The number of rotatable bonds is 2. The van der Waals surface area contributed by atoms with E-state index >= 15 is 0 Å². The van der Waals surface area contributed by atoms with Crippen LogP contribution in [0.5, 0.6) is 0 Å². The van der Waals surface area contributed by atoms with Crippen molar-refractivity contribution in [2.75, 3.05) is 0 Å². The van der Waals surface area contributed by atoms with Crippen molar-refractivity contribution in [3.63, 3.8) is 0 Å². The predicted octanol–water partition coefficient (Wildman–Crippen LogP) is 13.1. The number of thiophene rings is 1. The molecular weight excluding hydrogens is 639 g/mol. The van der Waals surface area contributed by atoms with E-state index in [4.69, 9.17) is 4.99 Å². The third kappa shape index (κ3) is 3.69. The van der Waals surface area contributed by atoms with Gasteiger partial charge in [-0.1, -0.05) is 115 Å². The molecule has 0 N–H and O–H groups in total. The number of hydrogen-bond acceptors (Lipinski definition) is 2. The zero-order chi connectivity index (χ0) is 33.2. The van der Waals surface area contributed by atoms with E-state index in [-0.39, 0.29) is 0 Å². The smallest absolute Gasteiger partial charge is 0.0913 e. The van der Waals surface area contributed by atoms with Crippen molar-refractivity contribution in [1.29, 1.82) is 0 Å². The summed E-state index contributed by atoms with van der Waals surface area (Å²) in [5.74, 6) is 0. The number of aromatic nitrogens is 2. The van der Waals surface area contributed by atoms with Gasteiger partial charge in [-0.05, 0) is 65.6 Å². The monoisotopic (exact) mass is 667 g/mol. The molecule has 0 unspecified atom stereocenters. The predicted molar refractivity (Wildman–Crippen MR) is 219 cm³/mol. The second-order valence-corrected chi connectivity index (χ2v) is 14.8. The lowest BCUT2D eigenvalue weighted by atomic mass is 10.0. The van der Waals surface area contributed by atoms with Crippen LogP contribution in [0.25, 0.3) is 86.5 Å². The van der Waals surface area contributed by atoms with Gasteiger partial charge in [0, 0.05) is 48.1 Å². The molecule has 1 aliphatic heterocycles. The van der Waals surface area contributed by atoms with Gasteiger partial charge >= 0.3 is 0 Å². The quantitative estimate of drug-likeness (QED) is 0.175. The van der Waals surface area contributed by atoms with Gasteiger partial charge in [-0.25, -0.2) is 0 Å². The van der Waals surface area contributed by atoms with Gasteiger partial charge in [0.05, 0.1) is 43.8 Å². The molecule has 0 saturated heterocycles. The van der Waals surface area contributed by atoms with E-state index in [9.17, 15) is 0 Å². The minimum absolute atomic E-state index is 0.871. The van der Waals surface area contributed by atoms with E-state index in [1.807, 2.05) is 11.3 Å². The van der Waals surface area contributed by atoms with Gasteiger partial charge in [0.15, 0.2) is 0 Å². The number of allylic oxidation sites excluding steroid dienone is 1. The fraction of sp³-hybridized carbons (Fsp3) is 0.0426. The largest absolute Gasteiger partial charge is 0.308 e. The van der Waals surface area contributed by atoms with Crippen LogP contribution in [0.3, 0.4) is 0 Å². The molecule has 0 saturated carbocycles. The molecule has 238 valence electrons. The molecule has 0 atom stereocenters. The van der Waals surface area contributed by atoms with Crippen molar-refractivity contribution in [2.45, 2.75) is 12.8 Å². The van der Waals surface area contributed by atoms with E-state index in [0.29, 0.717) is 0 Å². The van der Waals surface area contributed by atoms with Gasteiger partial charge < -0.3 is 8.97 Å². The maximum absolute atomic E-state index is 5.54. The molecule has 0 fully saturated rings. The molecule has 12 rings (SSSR count). The summed E-state index contributed by atoms with van der Waals surface area (Å²) in [5.41, 5.74) is 10.9. The van der Waals surface area contributed by atoms with Crippen molar-refractivity contribution in [3.8, 4) is 0 Å². The third-order valence-corrected chi connectivity index (χ3v) is 12.3. The topological polar surface area (TPSA) is 21.7 Å². The van der Waals surface area contributed by atoms with Crippen molar-refractivity contribution in [2.24, 2.45) is 4.99 Å². The lowest BCUT2D eigenvalue weighted by molar-refractivity contribution is 1.07. The van der Waals surface area contributed by atoms with E-state index < -0.39 is 0 Å². The first-order valence-electron chi connectivity index (χ1n) is 17.7. The first-order valence-corrected chi connectivity index (χ1v) is 18.5. The zero-order valence-corrected chi connectivity index (χ0v) is 28.4. The Morgan fingerprint density at radius 3 is 2.08 bits per heavy atom. The molecular formula is C47H29N3S. The lowest BCUT2D eigenvalue weighted by Gasteiger charge is -2.17. The van der Waals surface area contributed by atoms with Crippen LogP contribution in [0.4, 0.5) is 5.69 Å². The first-order chi connectivity index (χ1) is 25.3. The standard InChI is InChI=1S/C47H29N3S/c1-2-13-28(14-3-1)37-20-12-23-40(47-44(48-37)33-19-8-11-24-42(33)51-47)49-38-21-9-6-17-31(38)35-27-36-34-25-29-15-4-5-16-30(29)26-41(34)50-39-22-10-7-18-32(39)43(45(35)49)46(36)50/h1-11,13-19,21-27H,12,20H2/b40-23+,48-37+. The fourth-order valence-corrected chi connectivity index (χ4v) is 10.1. The summed E-state index contributed by atoms with van der Waals surface area (Å²) < 4.78 is 6.37. The van der Waals surface area contributed by atoms with Crippen molar-refractivity contribution < 1.29 is 0 Å². The number of aliphatic imine (C=N–C) groups is 1. The van der Waals surface area contributed by atoms with Gasteiger partial charge in [0.2, 0.25) is 0 Å². The number of fused-ring (bicyclic) bond motifs is 14. The van der Waals surface area contributed by atoms with Gasteiger partial charge in [-0.3, -0.25) is 4.99 Å². The molecule has 0 aliphatic carbocycles. The van der Waals surface area contributed by atoms with Crippen molar-refractivity contribution in [1.82, 2.24) is 8.97 Å². The Kier molecular flexibility index (Phi) is 5.49. The van der Waals surface area contributed by atoms with Gasteiger partial charge in [0.25, 0.3) is 0 Å². The summed E-state index contributed by atoms with van der Waals surface area (Å²) in [4.78, 5) is 6.76. The second-order valence-electron chi connectivity index (χ2n) is 13.8. The van der Waals surface area contributed by atoms with E-state index in [1.165, 1.54) is 96.9 Å². The van der Waals surface area contributed by atoms with Crippen LogP contribution >= 0.6 is 11.3 Å². The molecule has 1 aliphatic rings. The lowest BCUT2D eigenvalue weighted by Crippen LogP contribution is -2.05. The van der Waals surface area contributed by atoms with Crippen LogP contribution in [-0.4, -0.2) is 14.7 Å². The molecule has 7 aromatic carbocycles. The average Bonchev–Trinajstić information content (AvgIpc) is 3.90. The molecule has 4 aromatic heterocycles. The Hall–Kier alpha value is -6.23. The van der Waals surface area contributed by atoms with Crippen LogP contribution in [0.2, 0.25) is 0 Å². The molecule has 3 nitrogen and oxygen atoms in total. The van der Waals surface area contributed by atoms with Crippen molar-refractivity contribution in [3.05, 3.63) is 162 Å². The highest BCUT2D eigenvalue weighted by atomic mass is 32.1. The molecule has 0 radical (unpaired) electrons. The fourth-order valence-electron chi connectivity index (χ4n) is 8.92. The normalized spacial score (nSPS) is 16.0. The number of nitrogens with zero attached hydrogens (tertiary/aromatic N) is 3. The van der Waals surface area contributed by atoms with E-state index in [1.54, 1.807) is 0 Å². The van der Waals surface area contributed by atoms with Crippen LogP contribution < -0.4 is 0 Å². The summed E-state index contributed by atoms with van der Waals surface area (Å²) in [6.07, 6.45) is 4.25. The average molecular weight is 668 g/mol. The molecule has 4 heteroatoms. The van der Waals surface area contributed by atoms with Gasteiger partial charge in [-0.2, -0.15) is 0 Å². The highest BCUT2D eigenvalue weighted by Gasteiger charge is 2.27. The summed E-state index contributed by atoms with van der Waals surface area (Å²) in [6.45, 7) is 0. The number of hydrogen-bond donors (Lipinski definition) is 0. The van der Waals surface area contributed by atoms with Gasteiger partial charge in [0.1, 0.15) is 0 Å². The SMILES string of the molecule is C1=C(/n2c3ccccc3c3cc4c5cc6ccccc6cc5n5c6ccccc6c(c32)c45)c2sc3ccccc3c2/N=C(/c2ccccc2)CC/1. The van der Waals surface area contributed by atoms with Crippen molar-refractivity contribution >= 4 is 109 Å². The molecule has 0 amide bonds. The summed E-state index contributed by atoms with van der Waals surface area (Å²) in [7, 11) is 0. The second kappa shape index (κ2) is 10.2. The molecule has 0 spiro atoms. The summed E-state index contributed by atoms with van der Waals surface area (Å²) >= 11 is 1.86. The molecule has 51 heavy (non-hydrogen) atoms. The maximum Gasteiger partial charge on any atom is 0.0913 e. The van der Waals surface area contributed by atoms with Crippen LogP contribution in [0.1, 0.15) is 23.3 Å². The molecule has 5 heterocycles. The van der Waals surface area contributed by atoms with Crippen LogP contribution in [-0.2, 0) is 0 Å². The summed E-state index contributed by atoms with van der Waals surface area (Å²) in [5, 5.41) is 11.5. The Labute approximate surface area is 296 Å². The minimum atomic E-state index is 0.871. The Morgan fingerprint density at radius 2 is 1.22 bits per heavy atom. The molecule has 0 bridgehead atoms. The van der Waals surface area contributed by atoms with E-state index in [2.05, 4.69) is 161 Å². The highest BCUT2D eigenvalue weighted by Crippen LogP contribution is 2.50. The minimum Gasteiger partial charge on any atom is -0.308 e. The van der Waals surface area contributed by atoms with Gasteiger partial charge in [-0.15, -0.1) is 11.3 Å². The Morgan fingerprint density at radius 1 is 0.529 bits per heavy atom. The number of para-hydroxylation sites is 2. The zero-order valence-electron chi connectivity index (χ0n) is 27.6. The number of benzene rings is 7. The first kappa shape index (κ1) is 27.6. The highest BCUT2D eigenvalue weighted by molar-refractivity contribution is 7.20. The maximum atomic E-state index is 5.54. The summed E-state index contributed by atoms with van der Waals surface area (Å²) in [6, 6.07) is 53.5. The van der Waals surface area contributed by atoms with Crippen LogP contribution in [0, 0.1) is 0 Å². The Bertz CT molecular complexity index is 3300. The van der Waals surface area contributed by atoms with E-state index in [0.717, 1.165) is 24.2 Å².